The zero-order valence-corrected chi connectivity index (χ0v) is 13.3. The van der Waals surface area contributed by atoms with E-state index in [0.29, 0.717) is 11.4 Å². The highest BCUT2D eigenvalue weighted by molar-refractivity contribution is 5.94. The number of nitrogens with zero attached hydrogens (tertiary/aromatic N) is 5. The van der Waals surface area contributed by atoms with Crippen LogP contribution in [0.1, 0.15) is 34.8 Å². The number of fused-ring (bicyclic) bond motifs is 3. The molecular weight excluding hydrogens is 294 g/mol. The Kier molecular flexibility index (Phi) is 3.28. The number of hydrogen-bond donors (Lipinski definition) is 0. The van der Waals surface area contributed by atoms with E-state index in [1.807, 2.05) is 11.8 Å². The van der Waals surface area contributed by atoms with Gasteiger partial charge in [0.2, 0.25) is 5.88 Å². The molecule has 0 N–H and O–H groups in total. The Balaban J connectivity index is 1.63. The molecule has 2 aromatic rings. The summed E-state index contributed by atoms with van der Waals surface area (Å²) in [7, 11) is 1.57. The molecule has 0 saturated carbocycles. The molecule has 2 aliphatic heterocycles. The summed E-state index contributed by atoms with van der Waals surface area (Å²) in [5.74, 6) is 2.47. The number of pyridine rings is 1. The highest BCUT2D eigenvalue weighted by Gasteiger charge is 2.41. The van der Waals surface area contributed by atoms with Gasteiger partial charge < -0.3 is 14.2 Å². The molecule has 4 heterocycles. The highest BCUT2D eigenvalue weighted by Crippen LogP contribution is 2.32. The predicted octanol–water partition coefficient (Wildman–Crippen LogP) is 1.22. The van der Waals surface area contributed by atoms with E-state index in [4.69, 9.17) is 4.74 Å². The fourth-order valence-electron chi connectivity index (χ4n) is 3.68. The third kappa shape index (κ3) is 2.27. The van der Waals surface area contributed by atoms with E-state index >= 15 is 0 Å². The molecule has 2 aromatic heterocycles. The van der Waals surface area contributed by atoms with E-state index in [9.17, 15) is 4.79 Å². The molecule has 4 rings (SSSR count). The molecule has 1 amide bonds. The van der Waals surface area contributed by atoms with Crippen LogP contribution in [-0.4, -0.2) is 49.7 Å². The van der Waals surface area contributed by atoms with Crippen LogP contribution >= 0.6 is 0 Å². The number of carbonyl (C=O) groups excluding carboxylic acids is 1. The maximum absolute atomic E-state index is 13.0. The van der Waals surface area contributed by atoms with Crippen molar-refractivity contribution in [2.24, 2.45) is 0 Å². The van der Waals surface area contributed by atoms with E-state index in [2.05, 4.69) is 19.7 Å². The molecule has 0 aromatic carbocycles. The maximum atomic E-state index is 13.0. The second-order valence-corrected chi connectivity index (χ2v) is 6.16. The average molecular weight is 313 g/mol. The van der Waals surface area contributed by atoms with Crippen molar-refractivity contribution >= 4 is 5.91 Å². The first-order valence-electron chi connectivity index (χ1n) is 7.88. The van der Waals surface area contributed by atoms with Crippen LogP contribution in [0.2, 0.25) is 0 Å². The fourth-order valence-corrected chi connectivity index (χ4v) is 3.68. The van der Waals surface area contributed by atoms with Gasteiger partial charge in [0.25, 0.3) is 5.91 Å². The normalized spacial score (nSPS) is 22.6. The molecule has 2 bridgehead atoms. The molecule has 1 fully saturated rings. The van der Waals surface area contributed by atoms with Gasteiger partial charge in [0.15, 0.2) is 0 Å². The van der Waals surface area contributed by atoms with Crippen molar-refractivity contribution in [1.29, 1.82) is 0 Å². The number of aromatic nitrogens is 4. The molecule has 2 atom stereocenters. The van der Waals surface area contributed by atoms with E-state index in [1.165, 1.54) is 0 Å². The lowest BCUT2D eigenvalue weighted by Crippen LogP contribution is -2.42. The first-order valence-corrected chi connectivity index (χ1v) is 7.88. The summed E-state index contributed by atoms with van der Waals surface area (Å²) in [5.41, 5.74) is 0.608. The Hall–Kier alpha value is -2.44. The maximum Gasteiger partial charge on any atom is 0.255 e. The van der Waals surface area contributed by atoms with Gasteiger partial charge in [0.05, 0.1) is 18.7 Å². The molecule has 0 radical (unpaired) electrons. The zero-order chi connectivity index (χ0) is 16.0. The van der Waals surface area contributed by atoms with Gasteiger partial charge in [-0.1, -0.05) is 0 Å². The molecule has 1 saturated heterocycles. The topological polar surface area (TPSA) is 73.1 Å². The average Bonchev–Trinajstić information content (AvgIpc) is 3.06. The van der Waals surface area contributed by atoms with Crippen molar-refractivity contribution in [2.75, 3.05) is 7.11 Å². The number of methoxy groups -OCH3 is 1. The molecular formula is C16H19N5O2. The van der Waals surface area contributed by atoms with Crippen LogP contribution in [0.25, 0.3) is 0 Å². The van der Waals surface area contributed by atoms with Crippen LogP contribution in [0.4, 0.5) is 0 Å². The first-order chi connectivity index (χ1) is 11.2. The summed E-state index contributed by atoms with van der Waals surface area (Å²) < 4.78 is 7.21. The van der Waals surface area contributed by atoms with E-state index in [0.717, 1.165) is 37.5 Å². The number of ether oxygens (including phenoxy) is 1. The Bertz CT molecular complexity index is 739. The minimum absolute atomic E-state index is 0.0454. The van der Waals surface area contributed by atoms with E-state index < -0.39 is 0 Å². The minimum Gasteiger partial charge on any atom is -0.481 e. The van der Waals surface area contributed by atoms with Crippen LogP contribution in [0.5, 0.6) is 5.88 Å². The molecule has 0 aliphatic carbocycles. The van der Waals surface area contributed by atoms with Crippen molar-refractivity contribution in [3.05, 3.63) is 35.5 Å². The summed E-state index contributed by atoms with van der Waals surface area (Å²) in [4.78, 5) is 19.1. The lowest BCUT2D eigenvalue weighted by atomic mass is 10.1. The molecule has 0 unspecified atom stereocenters. The number of carbonyl (C=O) groups is 1. The van der Waals surface area contributed by atoms with E-state index in [-0.39, 0.29) is 18.0 Å². The van der Waals surface area contributed by atoms with Crippen molar-refractivity contribution in [3.63, 3.8) is 0 Å². The largest absolute Gasteiger partial charge is 0.481 e. The molecule has 0 spiro atoms. The molecule has 7 nitrogen and oxygen atoms in total. The Labute approximate surface area is 134 Å². The van der Waals surface area contributed by atoms with Crippen LogP contribution < -0.4 is 4.74 Å². The summed E-state index contributed by atoms with van der Waals surface area (Å²) in [6, 6.07) is 3.90. The van der Waals surface area contributed by atoms with Crippen molar-refractivity contribution in [2.45, 2.75) is 44.8 Å². The highest BCUT2D eigenvalue weighted by atomic mass is 16.5. The zero-order valence-electron chi connectivity index (χ0n) is 13.3. The quantitative estimate of drug-likeness (QED) is 0.833. The molecule has 7 heteroatoms. The van der Waals surface area contributed by atoms with Gasteiger partial charge in [-0.3, -0.25) is 4.79 Å². The molecule has 23 heavy (non-hydrogen) atoms. The number of amides is 1. The Morgan fingerprint density at radius 3 is 2.83 bits per heavy atom. The van der Waals surface area contributed by atoms with Gasteiger partial charge in [-0.2, -0.15) is 0 Å². The second-order valence-electron chi connectivity index (χ2n) is 6.16. The first kappa shape index (κ1) is 14.2. The summed E-state index contributed by atoms with van der Waals surface area (Å²) >= 11 is 0. The van der Waals surface area contributed by atoms with Crippen LogP contribution in [0, 0.1) is 6.92 Å². The van der Waals surface area contributed by atoms with Crippen LogP contribution in [0.15, 0.2) is 18.3 Å². The SMILES string of the molecule is COc1ccc(C(=O)N2[C@@H]3CC[C@H]2Cc2nnc(C)n2C3)cn1. The second kappa shape index (κ2) is 5.33. The van der Waals surface area contributed by atoms with Gasteiger partial charge >= 0.3 is 0 Å². The van der Waals surface area contributed by atoms with Gasteiger partial charge in [-0.25, -0.2) is 4.98 Å². The van der Waals surface area contributed by atoms with Crippen molar-refractivity contribution < 1.29 is 9.53 Å². The predicted molar refractivity (Wildman–Crippen MR) is 82.2 cm³/mol. The Morgan fingerprint density at radius 1 is 1.26 bits per heavy atom. The number of hydrogen-bond acceptors (Lipinski definition) is 5. The van der Waals surface area contributed by atoms with Crippen molar-refractivity contribution in [3.8, 4) is 5.88 Å². The number of aryl methyl sites for hydroxylation is 1. The fraction of sp³-hybridized carbons (Fsp3) is 0.500. The third-order valence-corrected chi connectivity index (χ3v) is 4.87. The summed E-state index contributed by atoms with van der Waals surface area (Å²) in [6.45, 7) is 2.75. The minimum atomic E-state index is 0.0454. The third-order valence-electron chi connectivity index (χ3n) is 4.87. The standard InChI is InChI=1S/C16H19N5O2/c1-10-18-19-14-7-12-4-5-13(9-20(10)14)21(12)16(22)11-3-6-15(23-2)17-8-11/h3,6,8,12-13H,4-5,7,9H2,1-2H3/t12-,13+/m0/s1. The van der Waals surface area contributed by atoms with Crippen molar-refractivity contribution in [1.82, 2.24) is 24.6 Å². The monoisotopic (exact) mass is 313 g/mol. The number of rotatable bonds is 2. The lowest BCUT2D eigenvalue weighted by molar-refractivity contribution is 0.0664. The molecule has 120 valence electrons. The van der Waals surface area contributed by atoms with Gasteiger partial charge in [0.1, 0.15) is 11.6 Å². The van der Waals surface area contributed by atoms with Gasteiger partial charge in [0, 0.05) is 31.3 Å². The summed E-state index contributed by atoms with van der Waals surface area (Å²) in [5, 5.41) is 8.44. The van der Waals surface area contributed by atoms with Gasteiger partial charge in [-0.05, 0) is 25.8 Å². The van der Waals surface area contributed by atoms with Gasteiger partial charge in [-0.15, -0.1) is 10.2 Å². The lowest BCUT2D eigenvalue weighted by Gasteiger charge is -2.28. The van der Waals surface area contributed by atoms with Crippen LogP contribution in [0.3, 0.4) is 0 Å². The molecule has 2 aliphatic rings. The van der Waals surface area contributed by atoms with Crippen LogP contribution in [-0.2, 0) is 13.0 Å². The smallest absolute Gasteiger partial charge is 0.255 e. The Morgan fingerprint density at radius 2 is 2.09 bits per heavy atom. The van der Waals surface area contributed by atoms with E-state index in [1.54, 1.807) is 25.4 Å². The summed E-state index contributed by atoms with van der Waals surface area (Å²) in [6.07, 6.45) is 4.41.